The molecule has 0 saturated heterocycles. The molecule has 1 N–H and O–H groups in total. The van der Waals surface area contributed by atoms with Gasteiger partial charge in [0, 0.05) is 6.20 Å². The number of halogens is 1. The van der Waals surface area contributed by atoms with Crippen molar-refractivity contribution in [3.05, 3.63) is 65.2 Å². The molecule has 1 aromatic heterocycles. The van der Waals surface area contributed by atoms with Gasteiger partial charge in [-0.1, -0.05) is 19.1 Å². The number of benzene rings is 1. The molecule has 100 valence electrons. The minimum absolute atomic E-state index is 0.117. The maximum absolute atomic E-state index is 13.3. The minimum atomic E-state index is -0.183. The summed E-state index contributed by atoms with van der Waals surface area (Å²) in [5.41, 5.74) is 3.13. The Labute approximate surface area is 113 Å². The Kier molecular flexibility index (Phi) is 4.63. The zero-order valence-corrected chi connectivity index (χ0v) is 11.4. The monoisotopic (exact) mass is 258 g/mol. The Balaban J connectivity index is 2.24. The highest BCUT2D eigenvalue weighted by molar-refractivity contribution is 5.28. The molecule has 1 aromatic carbocycles. The van der Waals surface area contributed by atoms with Gasteiger partial charge in [0.1, 0.15) is 5.82 Å². The average molecular weight is 258 g/mol. The second-order valence-corrected chi connectivity index (χ2v) is 4.64. The molecule has 0 amide bonds. The molecular weight excluding hydrogens is 239 g/mol. The van der Waals surface area contributed by atoms with Crippen molar-refractivity contribution in [1.82, 2.24) is 10.3 Å². The smallest absolute Gasteiger partial charge is 0.123 e. The number of likely N-dealkylation sites (N-methyl/N-ethyl adjacent to an activating group) is 1. The molecule has 1 heterocycles. The van der Waals surface area contributed by atoms with Crippen molar-refractivity contribution < 1.29 is 4.39 Å². The first kappa shape index (κ1) is 13.7. The first-order chi connectivity index (χ1) is 9.20. The summed E-state index contributed by atoms with van der Waals surface area (Å²) in [4.78, 5) is 4.39. The van der Waals surface area contributed by atoms with Crippen LogP contribution in [0.25, 0.3) is 0 Å². The normalized spacial score (nSPS) is 12.4. The van der Waals surface area contributed by atoms with Gasteiger partial charge in [0.2, 0.25) is 0 Å². The second-order valence-electron chi connectivity index (χ2n) is 4.64. The Morgan fingerprint density at radius 1 is 1.26 bits per heavy atom. The topological polar surface area (TPSA) is 24.9 Å². The zero-order chi connectivity index (χ0) is 13.7. The number of aryl methyl sites for hydroxylation is 1. The Hall–Kier alpha value is -1.74. The summed E-state index contributed by atoms with van der Waals surface area (Å²) in [6.07, 6.45) is 2.53. The van der Waals surface area contributed by atoms with Crippen LogP contribution in [0.15, 0.2) is 42.6 Å². The number of pyridine rings is 1. The molecular formula is C16H19FN2. The van der Waals surface area contributed by atoms with Crippen molar-refractivity contribution >= 4 is 0 Å². The summed E-state index contributed by atoms with van der Waals surface area (Å²) < 4.78 is 13.3. The Morgan fingerprint density at radius 3 is 2.79 bits per heavy atom. The Bertz CT molecular complexity index is 526. The fourth-order valence-corrected chi connectivity index (χ4v) is 2.19. The van der Waals surface area contributed by atoms with Gasteiger partial charge in [-0.3, -0.25) is 4.98 Å². The molecule has 0 spiro atoms. The molecule has 0 aliphatic rings. The highest BCUT2D eigenvalue weighted by Crippen LogP contribution is 2.19. The third-order valence-corrected chi connectivity index (χ3v) is 3.23. The molecule has 1 unspecified atom stereocenters. The molecule has 2 aromatic rings. The van der Waals surface area contributed by atoms with Gasteiger partial charge in [0.15, 0.2) is 0 Å². The summed E-state index contributed by atoms with van der Waals surface area (Å²) in [5, 5.41) is 3.41. The fraction of sp³-hybridized carbons (Fsp3) is 0.312. The van der Waals surface area contributed by atoms with Gasteiger partial charge in [-0.05, 0) is 55.3 Å². The van der Waals surface area contributed by atoms with E-state index in [2.05, 4.69) is 17.2 Å². The van der Waals surface area contributed by atoms with Gasteiger partial charge in [0.05, 0.1) is 11.7 Å². The molecule has 2 rings (SSSR count). The predicted molar refractivity (Wildman–Crippen MR) is 75.5 cm³/mol. The van der Waals surface area contributed by atoms with Crippen molar-refractivity contribution in [2.24, 2.45) is 0 Å². The van der Waals surface area contributed by atoms with Crippen molar-refractivity contribution in [2.75, 3.05) is 6.54 Å². The van der Waals surface area contributed by atoms with Crippen LogP contribution in [0.2, 0.25) is 0 Å². The van der Waals surface area contributed by atoms with Crippen molar-refractivity contribution in [3.8, 4) is 0 Å². The molecule has 0 saturated carbocycles. The van der Waals surface area contributed by atoms with Crippen LogP contribution in [0.1, 0.15) is 29.8 Å². The average Bonchev–Trinajstić information content (AvgIpc) is 2.43. The lowest BCUT2D eigenvalue weighted by molar-refractivity contribution is 0.533. The van der Waals surface area contributed by atoms with Crippen LogP contribution in [0.3, 0.4) is 0 Å². The van der Waals surface area contributed by atoms with Crippen molar-refractivity contribution in [2.45, 2.75) is 26.3 Å². The van der Waals surface area contributed by atoms with E-state index < -0.39 is 0 Å². The quantitative estimate of drug-likeness (QED) is 0.888. The number of aromatic nitrogens is 1. The molecule has 0 aliphatic heterocycles. The second kappa shape index (κ2) is 6.43. The first-order valence-corrected chi connectivity index (χ1v) is 6.60. The van der Waals surface area contributed by atoms with Crippen LogP contribution in [-0.4, -0.2) is 11.5 Å². The van der Waals surface area contributed by atoms with E-state index in [1.165, 1.54) is 6.07 Å². The number of nitrogens with one attached hydrogen (secondary N) is 1. The number of hydrogen-bond acceptors (Lipinski definition) is 2. The molecule has 0 fully saturated rings. The zero-order valence-electron chi connectivity index (χ0n) is 11.4. The summed E-state index contributed by atoms with van der Waals surface area (Å²) in [6, 6.07) is 10.9. The molecule has 1 atom stereocenters. The minimum Gasteiger partial charge on any atom is -0.309 e. The van der Waals surface area contributed by atoms with E-state index in [1.807, 2.05) is 31.2 Å². The molecule has 3 heteroatoms. The van der Waals surface area contributed by atoms with Gasteiger partial charge in [0.25, 0.3) is 0 Å². The Morgan fingerprint density at radius 2 is 2.11 bits per heavy atom. The highest BCUT2D eigenvalue weighted by Gasteiger charge is 2.13. The van der Waals surface area contributed by atoms with Crippen LogP contribution in [0.5, 0.6) is 0 Å². The van der Waals surface area contributed by atoms with Crippen LogP contribution < -0.4 is 5.32 Å². The summed E-state index contributed by atoms with van der Waals surface area (Å²) in [5.74, 6) is -0.183. The molecule has 0 aliphatic carbocycles. The van der Waals surface area contributed by atoms with E-state index in [-0.39, 0.29) is 11.9 Å². The van der Waals surface area contributed by atoms with Gasteiger partial charge < -0.3 is 5.32 Å². The van der Waals surface area contributed by atoms with E-state index in [4.69, 9.17) is 0 Å². The van der Waals surface area contributed by atoms with Gasteiger partial charge in [-0.15, -0.1) is 0 Å². The van der Waals surface area contributed by atoms with Crippen LogP contribution in [0.4, 0.5) is 4.39 Å². The highest BCUT2D eigenvalue weighted by atomic mass is 19.1. The number of hydrogen-bond donors (Lipinski definition) is 1. The number of rotatable bonds is 5. The van der Waals surface area contributed by atoms with Crippen LogP contribution >= 0.6 is 0 Å². The van der Waals surface area contributed by atoms with Gasteiger partial charge in [-0.2, -0.15) is 0 Å². The van der Waals surface area contributed by atoms with E-state index in [0.29, 0.717) is 0 Å². The molecule has 0 radical (unpaired) electrons. The maximum atomic E-state index is 13.3. The van der Waals surface area contributed by atoms with Crippen LogP contribution in [-0.2, 0) is 6.42 Å². The summed E-state index contributed by atoms with van der Waals surface area (Å²) >= 11 is 0. The fourth-order valence-electron chi connectivity index (χ4n) is 2.19. The van der Waals surface area contributed by atoms with E-state index in [0.717, 1.165) is 29.8 Å². The molecule has 0 bridgehead atoms. The lowest BCUT2D eigenvalue weighted by Crippen LogP contribution is -2.24. The predicted octanol–water partition coefficient (Wildman–Crippen LogP) is 3.42. The van der Waals surface area contributed by atoms with Gasteiger partial charge in [-0.25, -0.2) is 4.39 Å². The van der Waals surface area contributed by atoms with Gasteiger partial charge >= 0.3 is 0 Å². The third-order valence-electron chi connectivity index (χ3n) is 3.23. The lowest BCUT2D eigenvalue weighted by atomic mass is 9.98. The SMILES string of the molecule is CCNC(Cc1cc(F)ccc1C)c1ccccn1. The first-order valence-electron chi connectivity index (χ1n) is 6.60. The van der Waals surface area contributed by atoms with E-state index in [1.54, 1.807) is 12.3 Å². The molecule has 2 nitrogen and oxygen atoms in total. The number of nitrogens with zero attached hydrogens (tertiary/aromatic N) is 1. The third kappa shape index (κ3) is 3.61. The van der Waals surface area contributed by atoms with E-state index >= 15 is 0 Å². The largest absolute Gasteiger partial charge is 0.309 e. The van der Waals surface area contributed by atoms with E-state index in [9.17, 15) is 4.39 Å². The van der Waals surface area contributed by atoms with Crippen LogP contribution in [0, 0.1) is 12.7 Å². The van der Waals surface area contributed by atoms with Crippen molar-refractivity contribution in [1.29, 1.82) is 0 Å². The maximum Gasteiger partial charge on any atom is 0.123 e. The van der Waals surface area contributed by atoms with Crippen molar-refractivity contribution in [3.63, 3.8) is 0 Å². The standard InChI is InChI=1S/C16H19FN2/c1-3-18-16(15-6-4-5-9-19-15)11-13-10-14(17)8-7-12(13)2/h4-10,16,18H,3,11H2,1-2H3. The molecule has 19 heavy (non-hydrogen) atoms. The lowest BCUT2D eigenvalue weighted by Gasteiger charge is -2.18. The summed E-state index contributed by atoms with van der Waals surface area (Å²) in [7, 11) is 0. The summed E-state index contributed by atoms with van der Waals surface area (Å²) in [6.45, 7) is 4.93.